The van der Waals surface area contributed by atoms with Crippen molar-refractivity contribution in [2.45, 2.75) is 48.7 Å². The second-order valence-electron chi connectivity index (χ2n) is 7.50. The summed E-state index contributed by atoms with van der Waals surface area (Å²) in [7, 11) is -3.81. The molecule has 1 aromatic rings. The van der Waals surface area contributed by atoms with Crippen molar-refractivity contribution in [1.82, 2.24) is 20.3 Å². The molecule has 1 aromatic carbocycles. The van der Waals surface area contributed by atoms with E-state index in [-0.39, 0.29) is 42.4 Å². The highest BCUT2D eigenvalue weighted by atomic mass is 32.2. The van der Waals surface area contributed by atoms with Gasteiger partial charge in [0.1, 0.15) is 0 Å². The number of benzene rings is 1. The van der Waals surface area contributed by atoms with Gasteiger partial charge in [-0.2, -0.15) is 4.31 Å². The van der Waals surface area contributed by atoms with Gasteiger partial charge in [-0.15, -0.1) is 0 Å². The monoisotopic (exact) mass is 392 g/mol. The van der Waals surface area contributed by atoms with Gasteiger partial charge in [-0.25, -0.2) is 8.42 Å². The highest BCUT2D eigenvalue weighted by Crippen LogP contribution is 2.27. The second kappa shape index (κ2) is 7.21. The number of nitrogens with zero attached hydrogens (tertiary/aromatic N) is 1. The molecule has 9 heteroatoms. The summed E-state index contributed by atoms with van der Waals surface area (Å²) in [6.45, 7) is 0.315. The van der Waals surface area contributed by atoms with Crippen molar-refractivity contribution in [3.63, 3.8) is 0 Å². The highest BCUT2D eigenvalue weighted by molar-refractivity contribution is 7.89. The Morgan fingerprint density at radius 2 is 1.93 bits per heavy atom. The summed E-state index contributed by atoms with van der Waals surface area (Å²) in [5.74, 6) is -0.575. The fraction of sp³-hybridized carbons (Fsp3) is 0.556. The van der Waals surface area contributed by atoms with Crippen LogP contribution in [0.15, 0.2) is 29.2 Å². The van der Waals surface area contributed by atoms with Gasteiger partial charge in [0, 0.05) is 36.8 Å². The summed E-state index contributed by atoms with van der Waals surface area (Å²) >= 11 is 0. The number of piperazine rings is 1. The van der Waals surface area contributed by atoms with Crippen LogP contribution in [0.4, 0.5) is 0 Å². The zero-order valence-corrected chi connectivity index (χ0v) is 15.8. The van der Waals surface area contributed by atoms with Crippen LogP contribution in [0.3, 0.4) is 0 Å². The molecule has 3 fully saturated rings. The van der Waals surface area contributed by atoms with Crippen LogP contribution in [0, 0.1) is 0 Å². The van der Waals surface area contributed by atoms with Crippen LogP contribution in [0.5, 0.6) is 0 Å². The minimum Gasteiger partial charge on any atom is -0.354 e. The Hall–Kier alpha value is -1.97. The van der Waals surface area contributed by atoms with Crippen LogP contribution < -0.4 is 16.0 Å². The number of sulfonamides is 1. The Balaban J connectivity index is 1.48. The minimum atomic E-state index is -3.81. The van der Waals surface area contributed by atoms with Gasteiger partial charge in [-0.05, 0) is 43.9 Å². The molecule has 0 aliphatic carbocycles. The summed E-state index contributed by atoms with van der Waals surface area (Å²) < 4.78 is 26.7. The molecule has 0 spiro atoms. The van der Waals surface area contributed by atoms with Crippen molar-refractivity contribution in [2.75, 3.05) is 19.6 Å². The van der Waals surface area contributed by atoms with E-state index in [1.165, 1.54) is 12.1 Å². The maximum absolute atomic E-state index is 12.8. The van der Waals surface area contributed by atoms with E-state index >= 15 is 0 Å². The lowest BCUT2D eigenvalue weighted by atomic mass is 9.99. The first-order valence-electron chi connectivity index (χ1n) is 9.35. The largest absolute Gasteiger partial charge is 0.354 e. The standard InChI is InChI=1S/C18H24N4O4S/c23-17-11-22(7-6-19-17)27(25,26)16-3-1-2-12(8-16)18(24)21-15-9-13-4-5-14(10-15)20-13/h1-3,8,13-15,20H,4-7,9-11H2,(H,19,23)(H,21,24). The molecule has 4 rings (SSSR count). The number of fused-ring (bicyclic) bond motifs is 2. The highest BCUT2D eigenvalue weighted by Gasteiger charge is 2.34. The second-order valence-corrected chi connectivity index (χ2v) is 9.43. The lowest BCUT2D eigenvalue weighted by molar-refractivity contribution is -0.122. The number of carbonyl (C=O) groups is 2. The van der Waals surface area contributed by atoms with E-state index in [0.717, 1.165) is 30.0 Å². The third-order valence-electron chi connectivity index (χ3n) is 5.55. The maximum atomic E-state index is 12.8. The van der Waals surface area contributed by atoms with E-state index in [4.69, 9.17) is 0 Å². The van der Waals surface area contributed by atoms with Gasteiger partial charge in [-0.3, -0.25) is 9.59 Å². The van der Waals surface area contributed by atoms with Crippen LogP contribution in [0.2, 0.25) is 0 Å². The molecular formula is C18H24N4O4S. The number of carbonyl (C=O) groups excluding carboxylic acids is 2. The first kappa shape index (κ1) is 18.4. The zero-order valence-electron chi connectivity index (χ0n) is 15.0. The van der Waals surface area contributed by atoms with E-state index in [1.54, 1.807) is 12.1 Å². The number of piperidine rings is 1. The molecule has 3 aliphatic heterocycles. The summed E-state index contributed by atoms with van der Waals surface area (Å²) in [5, 5.41) is 9.19. The van der Waals surface area contributed by atoms with E-state index in [1.807, 2.05) is 0 Å². The van der Waals surface area contributed by atoms with Gasteiger partial charge in [0.25, 0.3) is 5.91 Å². The lowest BCUT2D eigenvalue weighted by Gasteiger charge is -2.29. The van der Waals surface area contributed by atoms with Gasteiger partial charge in [0.15, 0.2) is 0 Å². The van der Waals surface area contributed by atoms with Crippen LogP contribution >= 0.6 is 0 Å². The van der Waals surface area contributed by atoms with Crippen molar-refractivity contribution in [3.8, 4) is 0 Å². The number of hydrogen-bond acceptors (Lipinski definition) is 5. The molecule has 0 saturated carbocycles. The Bertz CT molecular complexity index is 845. The van der Waals surface area contributed by atoms with E-state index in [9.17, 15) is 18.0 Å². The molecule has 3 saturated heterocycles. The summed E-state index contributed by atoms with van der Waals surface area (Å²) in [6.07, 6.45) is 4.11. The first-order valence-corrected chi connectivity index (χ1v) is 10.8. The molecule has 3 heterocycles. The van der Waals surface area contributed by atoms with Crippen molar-refractivity contribution in [1.29, 1.82) is 0 Å². The fourth-order valence-electron chi connectivity index (χ4n) is 4.21. The minimum absolute atomic E-state index is 0.0373. The summed E-state index contributed by atoms with van der Waals surface area (Å²) in [5.41, 5.74) is 0.323. The molecule has 27 heavy (non-hydrogen) atoms. The molecule has 2 bridgehead atoms. The number of rotatable bonds is 4. The fourth-order valence-corrected chi connectivity index (χ4v) is 5.65. The summed E-state index contributed by atoms with van der Waals surface area (Å²) in [4.78, 5) is 24.2. The first-order chi connectivity index (χ1) is 12.9. The average Bonchev–Trinajstić information content (AvgIpc) is 3.00. The predicted molar refractivity (Wildman–Crippen MR) is 98.6 cm³/mol. The molecule has 2 unspecified atom stereocenters. The summed E-state index contributed by atoms with van der Waals surface area (Å²) in [6, 6.07) is 7.08. The van der Waals surface area contributed by atoms with Crippen LogP contribution in [-0.2, 0) is 14.8 Å². The third kappa shape index (κ3) is 3.85. The Kier molecular flexibility index (Phi) is 4.92. The predicted octanol–water partition coefficient (Wildman–Crippen LogP) is -0.180. The third-order valence-corrected chi connectivity index (χ3v) is 7.39. The van der Waals surface area contributed by atoms with E-state index in [0.29, 0.717) is 17.6 Å². The van der Waals surface area contributed by atoms with E-state index in [2.05, 4.69) is 16.0 Å². The number of nitrogens with one attached hydrogen (secondary N) is 3. The van der Waals surface area contributed by atoms with Crippen LogP contribution in [-0.4, -0.2) is 62.3 Å². The molecule has 2 amide bonds. The molecule has 3 N–H and O–H groups in total. The smallest absolute Gasteiger partial charge is 0.251 e. The number of amides is 2. The van der Waals surface area contributed by atoms with Crippen molar-refractivity contribution < 1.29 is 18.0 Å². The maximum Gasteiger partial charge on any atom is 0.251 e. The van der Waals surface area contributed by atoms with Crippen LogP contribution in [0.1, 0.15) is 36.0 Å². The Labute approximate surface area is 158 Å². The Morgan fingerprint density at radius 1 is 1.19 bits per heavy atom. The van der Waals surface area contributed by atoms with Gasteiger partial charge >= 0.3 is 0 Å². The normalized spacial score (nSPS) is 28.6. The molecular weight excluding hydrogens is 368 g/mol. The topological polar surface area (TPSA) is 108 Å². The van der Waals surface area contributed by atoms with E-state index < -0.39 is 10.0 Å². The van der Waals surface area contributed by atoms with Crippen molar-refractivity contribution >= 4 is 21.8 Å². The molecule has 0 aromatic heterocycles. The van der Waals surface area contributed by atoms with Crippen molar-refractivity contribution in [3.05, 3.63) is 29.8 Å². The van der Waals surface area contributed by atoms with Gasteiger partial charge in [-0.1, -0.05) is 6.07 Å². The quantitative estimate of drug-likeness (QED) is 0.659. The van der Waals surface area contributed by atoms with Gasteiger partial charge in [0.05, 0.1) is 11.4 Å². The zero-order chi connectivity index (χ0) is 19.0. The lowest BCUT2D eigenvalue weighted by Crippen LogP contribution is -2.49. The van der Waals surface area contributed by atoms with Gasteiger partial charge < -0.3 is 16.0 Å². The molecule has 8 nitrogen and oxygen atoms in total. The number of hydrogen-bond donors (Lipinski definition) is 3. The average molecular weight is 392 g/mol. The van der Waals surface area contributed by atoms with Crippen LogP contribution in [0.25, 0.3) is 0 Å². The van der Waals surface area contributed by atoms with Gasteiger partial charge in [0.2, 0.25) is 15.9 Å². The van der Waals surface area contributed by atoms with Crippen molar-refractivity contribution in [2.24, 2.45) is 0 Å². The molecule has 3 aliphatic rings. The molecule has 0 radical (unpaired) electrons. The SMILES string of the molecule is O=C1CN(S(=O)(=O)c2cccc(C(=O)NC3CC4CCC(C3)N4)c2)CCN1. The Morgan fingerprint density at radius 3 is 2.63 bits per heavy atom. The molecule has 2 atom stereocenters. The molecule has 146 valence electrons.